The molecule has 2 aromatic carbocycles. The molecule has 3 N–H and O–H groups in total. The van der Waals surface area contributed by atoms with Crippen LogP contribution >= 0.6 is 15.9 Å². The second kappa shape index (κ2) is 5.24. The van der Waals surface area contributed by atoms with Crippen molar-refractivity contribution < 1.29 is 8.78 Å². The van der Waals surface area contributed by atoms with Crippen molar-refractivity contribution in [1.29, 1.82) is 5.26 Å². The number of hydrogen-bond acceptors (Lipinski definition) is 3. The monoisotopic (exact) mass is 323 g/mol. The van der Waals surface area contributed by atoms with E-state index in [1.807, 2.05) is 6.07 Å². The first-order valence-electron chi connectivity index (χ1n) is 5.23. The summed E-state index contributed by atoms with van der Waals surface area (Å²) in [5, 5.41) is 11.6. The number of halogens is 3. The fourth-order valence-electron chi connectivity index (χ4n) is 1.55. The van der Waals surface area contributed by atoms with Crippen LogP contribution in [0.3, 0.4) is 0 Å². The number of rotatable bonds is 2. The summed E-state index contributed by atoms with van der Waals surface area (Å²) in [6.07, 6.45) is 0. The highest BCUT2D eigenvalue weighted by atomic mass is 79.9. The highest BCUT2D eigenvalue weighted by Gasteiger charge is 2.13. The van der Waals surface area contributed by atoms with Crippen LogP contribution in [0.1, 0.15) is 5.56 Å². The second-order valence-corrected chi connectivity index (χ2v) is 4.67. The van der Waals surface area contributed by atoms with Crippen molar-refractivity contribution in [1.82, 2.24) is 0 Å². The van der Waals surface area contributed by atoms with Gasteiger partial charge >= 0.3 is 0 Å². The van der Waals surface area contributed by atoms with Crippen LogP contribution in [0.4, 0.5) is 25.8 Å². The average molecular weight is 324 g/mol. The number of hydrogen-bond donors (Lipinski definition) is 2. The van der Waals surface area contributed by atoms with Gasteiger partial charge in [-0.15, -0.1) is 0 Å². The Balaban J connectivity index is 2.48. The van der Waals surface area contributed by atoms with Crippen molar-refractivity contribution in [3.05, 3.63) is 52.0 Å². The normalized spacial score (nSPS) is 10.0. The van der Waals surface area contributed by atoms with Crippen LogP contribution < -0.4 is 11.1 Å². The van der Waals surface area contributed by atoms with Crippen LogP contribution in [-0.4, -0.2) is 0 Å². The van der Waals surface area contributed by atoms with Gasteiger partial charge in [0.2, 0.25) is 0 Å². The summed E-state index contributed by atoms with van der Waals surface area (Å²) in [5.74, 6) is -2.08. The Morgan fingerprint density at radius 3 is 2.63 bits per heavy atom. The lowest BCUT2D eigenvalue weighted by Crippen LogP contribution is -2.02. The van der Waals surface area contributed by atoms with Crippen LogP contribution in [0.15, 0.2) is 34.8 Å². The minimum absolute atomic E-state index is 0.0608. The van der Waals surface area contributed by atoms with E-state index in [9.17, 15) is 8.78 Å². The maximum atomic E-state index is 13.7. The molecule has 0 spiro atoms. The molecule has 0 unspecified atom stereocenters. The first kappa shape index (κ1) is 13.3. The molecule has 0 atom stereocenters. The molecule has 0 aliphatic heterocycles. The van der Waals surface area contributed by atoms with Gasteiger partial charge in [-0.1, -0.05) is 15.9 Å². The van der Waals surface area contributed by atoms with Crippen LogP contribution in [-0.2, 0) is 0 Å². The number of nitrogens with one attached hydrogen (secondary N) is 1. The SMILES string of the molecule is N#Cc1cc(Br)ccc1Nc1c(N)ccc(F)c1F. The molecule has 19 heavy (non-hydrogen) atoms. The molecule has 0 radical (unpaired) electrons. The Labute approximate surface area is 116 Å². The summed E-state index contributed by atoms with van der Waals surface area (Å²) in [6, 6.07) is 8.98. The number of benzene rings is 2. The van der Waals surface area contributed by atoms with E-state index < -0.39 is 11.6 Å². The van der Waals surface area contributed by atoms with Gasteiger partial charge in [-0.2, -0.15) is 5.26 Å². The summed E-state index contributed by atoms with van der Waals surface area (Å²) in [6.45, 7) is 0. The van der Waals surface area contributed by atoms with Gasteiger partial charge in [0.05, 0.1) is 16.9 Å². The maximum Gasteiger partial charge on any atom is 0.184 e. The molecular formula is C13H8BrF2N3. The van der Waals surface area contributed by atoms with Gasteiger partial charge in [0.25, 0.3) is 0 Å². The molecule has 2 aromatic rings. The predicted molar refractivity (Wildman–Crippen MR) is 72.9 cm³/mol. The van der Waals surface area contributed by atoms with Crippen LogP contribution in [0, 0.1) is 23.0 Å². The molecule has 0 aliphatic carbocycles. The van der Waals surface area contributed by atoms with Gasteiger partial charge in [-0.3, -0.25) is 0 Å². The first-order valence-corrected chi connectivity index (χ1v) is 6.02. The van der Waals surface area contributed by atoms with E-state index >= 15 is 0 Å². The third kappa shape index (κ3) is 2.66. The molecule has 0 saturated heterocycles. The van der Waals surface area contributed by atoms with E-state index in [0.29, 0.717) is 10.2 Å². The molecule has 0 heterocycles. The van der Waals surface area contributed by atoms with Crippen LogP contribution in [0.5, 0.6) is 0 Å². The highest BCUT2D eigenvalue weighted by Crippen LogP contribution is 2.30. The van der Waals surface area contributed by atoms with E-state index in [-0.39, 0.29) is 16.9 Å². The van der Waals surface area contributed by atoms with Crippen LogP contribution in [0.2, 0.25) is 0 Å². The maximum absolute atomic E-state index is 13.7. The van der Waals surface area contributed by atoms with Gasteiger partial charge in [0.1, 0.15) is 11.8 Å². The summed E-state index contributed by atoms with van der Waals surface area (Å²) < 4.78 is 27.5. The zero-order valence-corrected chi connectivity index (χ0v) is 11.1. The summed E-state index contributed by atoms with van der Waals surface area (Å²) in [4.78, 5) is 0. The van der Waals surface area contributed by atoms with E-state index in [0.717, 1.165) is 6.07 Å². The number of nitrogens with zero attached hydrogens (tertiary/aromatic N) is 1. The Morgan fingerprint density at radius 1 is 1.21 bits per heavy atom. The zero-order chi connectivity index (χ0) is 14.0. The topological polar surface area (TPSA) is 61.8 Å². The third-order valence-electron chi connectivity index (χ3n) is 2.49. The molecule has 0 saturated carbocycles. The molecule has 0 fully saturated rings. The highest BCUT2D eigenvalue weighted by molar-refractivity contribution is 9.10. The third-order valence-corrected chi connectivity index (χ3v) is 2.98. The van der Waals surface area contributed by atoms with Crippen molar-refractivity contribution in [2.24, 2.45) is 0 Å². The zero-order valence-electron chi connectivity index (χ0n) is 9.55. The smallest absolute Gasteiger partial charge is 0.184 e. The molecule has 3 nitrogen and oxygen atoms in total. The number of anilines is 3. The second-order valence-electron chi connectivity index (χ2n) is 3.75. The largest absolute Gasteiger partial charge is 0.397 e. The van der Waals surface area contributed by atoms with Gasteiger partial charge in [-0.25, -0.2) is 8.78 Å². The van der Waals surface area contributed by atoms with Crippen LogP contribution in [0.25, 0.3) is 0 Å². The van der Waals surface area contributed by atoms with Crippen molar-refractivity contribution in [3.8, 4) is 6.07 Å². The number of nitrogens with two attached hydrogens (primary N) is 1. The fourth-order valence-corrected chi connectivity index (χ4v) is 1.91. The van der Waals surface area contributed by atoms with Crippen molar-refractivity contribution in [2.75, 3.05) is 11.1 Å². The summed E-state index contributed by atoms with van der Waals surface area (Å²) >= 11 is 3.23. The van der Waals surface area contributed by atoms with Gasteiger partial charge in [0.15, 0.2) is 11.6 Å². The lowest BCUT2D eigenvalue weighted by atomic mass is 10.1. The molecule has 0 amide bonds. The molecule has 6 heteroatoms. The van der Waals surface area contributed by atoms with Gasteiger partial charge in [-0.05, 0) is 30.3 Å². The minimum atomic E-state index is -1.08. The molecule has 0 bridgehead atoms. The minimum Gasteiger partial charge on any atom is -0.397 e. The molecule has 96 valence electrons. The van der Waals surface area contributed by atoms with E-state index in [1.54, 1.807) is 18.2 Å². The molecule has 0 aliphatic rings. The fraction of sp³-hybridized carbons (Fsp3) is 0. The van der Waals surface area contributed by atoms with E-state index in [4.69, 9.17) is 11.0 Å². The van der Waals surface area contributed by atoms with Crippen molar-refractivity contribution in [2.45, 2.75) is 0 Å². The lowest BCUT2D eigenvalue weighted by molar-refractivity contribution is 0.512. The van der Waals surface area contributed by atoms with E-state index in [1.165, 1.54) is 6.07 Å². The Morgan fingerprint density at radius 2 is 1.95 bits per heavy atom. The average Bonchev–Trinajstić information content (AvgIpc) is 2.40. The van der Waals surface area contributed by atoms with Crippen molar-refractivity contribution in [3.63, 3.8) is 0 Å². The number of nitriles is 1. The Kier molecular flexibility index (Phi) is 3.67. The quantitative estimate of drug-likeness (QED) is 0.823. The number of nitrogen functional groups attached to an aromatic ring is 1. The molecular weight excluding hydrogens is 316 g/mol. The summed E-state index contributed by atoms with van der Waals surface area (Å²) in [7, 11) is 0. The predicted octanol–water partition coefficient (Wildman–Crippen LogP) is 3.92. The van der Waals surface area contributed by atoms with Crippen molar-refractivity contribution >= 4 is 33.0 Å². The van der Waals surface area contributed by atoms with Gasteiger partial charge < -0.3 is 11.1 Å². The molecule has 2 rings (SSSR count). The van der Waals surface area contributed by atoms with Gasteiger partial charge in [0, 0.05) is 4.47 Å². The molecule has 0 aromatic heterocycles. The Hall–Kier alpha value is -2.13. The van der Waals surface area contributed by atoms with E-state index in [2.05, 4.69) is 21.2 Å². The standard InChI is InChI=1S/C13H8BrF2N3/c14-8-1-4-11(7(5-8)6-17)19-13-10(18)3-2-9(15)12(13)16/h1-5,19H,18H2. The lowest BCUT2D eigenvalue weighted by Gasteiger charge is -2.12. The Bertz CT molecular complexity index is 680. The first-order chi connectivity index (χ1) is 9.02. The summed E-state index contributed by atoms with van der Waals surface area (Å²) in [5.41, 5.74) is 6.12.